The highest BCUT2D eigenvalue weighted by Crippen LogP contribution is 2.32. The first-order valence-corrected chi connectivity index (χ1v) is 5.85. The predicted molar refractivity (Wildman–Crippen MR) is 58.7 cm³/mol. The molecule has 1 atom stereocenters. The van der Waals surface area contributed by atoms with Crippen LogP contribution in [0.2, 0.25) is 0 Å². The van der Waals surface area contributed by atoms with Crippen molar-refractivity contribution in [1.82, 2.24) is 10.1 Å². The minimum absolute atomic E-state index is 0.170. The molecule has 1 fully saturated rings. The fraction of sp³-hybridized carbons (Fsp3) is 0.818. The van der Waals surface area contributed by atoms with E-state index < -0.39 is 0 Å². The largest absolute Gasteiger partial charge is 0.377 e. The Morgan fingerprint density at radius 3 is 2.88 bits per heavy atom. The van der Waals surface area contributed by atoms with Gasteiger partial charge >= 0.3 is 0 Å². The van der Waals surface area contributed by atoms with Gasteiger partial charge in [-0.3, -0.25) is 0 Å². The summed E-state index contributed by atoms with van der Waals surface area (Å²) < 4.78 is 10.6. The van der Waals surface area contributed by atoms with Crippen LogP contribution in [-0.2, 0) is 11.2 Å². The number of ether oxygens (including phenoxy) is 1. The summed E-state index contributed by atoms with van der Waals surface area (Å²) >= 11 is 0. The van der Waals surface area contributed by atoms with E-state index >= 15 is 0 Å². The van der Waals surface area contributed by atoms with Gasteiger partial charge in [0.05, 0.1) is 18.8 Å². The smallest absolute Gasteiger partial charge is 0.226 e. The molecule has 0 saturated heterocycles. The molecule has 1 saturated carbocycles. The summed E-state index contributed by atoms with van der Waals surface area (Å²) in [5.74, 6) is 2.00. The maximum absolute atomic E-state index is 5.89. The molecule has 0 radical (unpaired) electrons. The van der Waals surface area contributed by atoms with Crippen molar-refractivity contribution in [3.05, 3.63) is 11.7 Å². The van der Waals surface area contributed by atoms with Crippen molar-refractivity contribution < 1.29 is 9.26 Å². The van der Waals surface area contributed by atoms with E-state index in [-0.39, 0.29) is 12.1 Å². The first-order chi connectivity index (χ1) is 7.65. The van der Waals surface area contributed by atoms with E-state index in [1.165, 1.54) is 12.8 Å². The second kappa shape index (κ2) is 4.93. The van der Waals surface area contributed by atoms with Crippen molar-refractivity contribution >= 4 is 0 Å². The third kappa shape index (κ3) is 3.28. The summed E-state index contributed by atoms with van der Waals surface area (Å²) in [4.78, 5) is 4.29. The lowest BCUT2D eigenvalue weighted by Crippen LogP contribution is -2.20. The van der Waals surface area contributed by atoms with E-state index in [0.29, 0.717) is 18.3 Å². The van der Waals surface area contributed by atoms with Crippen LogP contribution < -0.4 is 5.73 Å². The van der Waals surface area contributed by atoms with Gasteiger partial charge in [-0.05, 0) is 32.6 Å². The van der Waals surface area contributed by atoms with Gasteiger partial charge in [-0.25, -0.2) is 0 Å². The number of nitrogens with two attached hydrogens (primary N) is 1. The third-order valence-electron chi connectivity index (χ3n) is 2.58. The van der Waals surface area contributed by atoms with E-state index in [2.05, 4.69) is 10.1 Å². The van der Waals surface area contributed by atoms with Crippen molar-refractivity contribution in [2.75, 3.05) is 6.61 Å². The molecule has 90 valence electrons. The molecule has 0 aromatic carbocycles. The van der Waals surface area contributed by atoms with Gasteiger partial charge in [0.1, 0.15) is 0 Å². The molecule has 0 spiro atoms. The quantitative estimate of drug-likeness (QED) is 0.793. The van der Waals surface area contributed by atoms with Crippen molar-refractivity contribution in [3.8, 4) is 0 Å². The molecule has 2 rings (SSSR count). The average molecular weight is 225 g/mol. The maximum atomic E-state index is 5.89. The monoisotopic (exact) mass is 225 g/mol. The molecular formula is C11H19N3O2. The Kier molecular flexibility index (Phi) is 3.56. The van der Waals surface area contributed by atoms with Crippen molar-refractivity contribution in [3.63, 3.8) is 0 Å². The summed E-state index contributed by atoms with van der Waals surface area (Å²) in [6.45, 7) is 4.38. The molecule has 1 aliphatic carbocycles. The molecule has 1 unspecified atom stereocenters. The van der Waals surface area contributed by atoms with Crippen LogP contribution in [0.5, 0.6) is 0 Å². The zero-order valence-corrected chi connectivity index (χ0v) is 9.85. The molecular weight excluding hydrogens is 206 g/mol. The van der Waals surface area contributed by atoms with Crippen molar-refractivity contribution in [2.45, 2.75) is 45.3 Å². The van der Waals surface area contributed by atoms with Gasteiger partial charge in [0.25, 0.3) is 0 Å². The van der Waals surface area contributed by atoms with Crippen LogP contribution in [0.3, 0.4) is 0 Å². The van der Waals surface area contributed by atoms with Gasteiger partial charge in [0.15, 0.2) is 5.82 Å². The van der Waals surface area contributed by atoms with Gasteiger partial charge in [0, 0.05) is 6.42 Å². The Labute approximate surface area is 95.3 Å². The zero-order valence-electron chi connectivity index (χ0n) is 9.85. The fourth-order valence-corrected chi connectivity index (χ4v) is 1.44. The van der Waals surface area contributed by atoms with Gasteiger partial charge in [-0.1, -0.05) is 5.16 Å². The molecule has 0 bridgehead atoms. The topological polar surface area (TPSA) is 74.2 Å². The van der Waals surface area contributed by atoms with Crippen LogP contribution in [0.1, 0.15) is 44.4 Å². The molecule has 1 heterocycles. The summed E-state index contributed by atoms with van der Waals surface area (Å²) in [5, 5.41) is 3.88. The third-order valence-corrected chi connectivity index (χ3v) is 2.58. The van der Waals surface area contributed by atoms with Crippen LogP contribution in [0, 0.1) is 5.92 Å². The second-order valence-corrected chi connectivity index (χ2v) is 4.68. The molecule has 1 aromatic rings. The minimum atomic E-state index is -0.292. The van der Waals surface area contributed by atoms with Gasteiger partial charge in [-0.15, -0.1) is 0 Å². The van der Waals surface area contributed by atoms with Crippen molar-refractivity contribution in [1.29, 1.82) is 0 Å². The molecule has 1 aliphatic rings. The molecule has 0 aliphatic heterocycles. The number of nitrogens with zero attached hydrogens (tertiary/aromatic N) is 2. The normalized spacial score (nSPS) is 18.0. The Morgan fingerprint density at radius 1 is 1.50 bits per heavy atom. The molecule has 0 amide bonds. The molecule has 1 aromatic heterocycles. The van der Waals surface area contributed by atoms with Crippen LogP contribution in [0.15, 0.2) is 4.52 Å². The minimum Gasteiger partial charge on any atom is -0.377 e. The number of aromatic nitrogens is 2. The average Bonchev–Trinajstić information content (AvgIpc) is 2.91. The second-order valence-electron chi connectivity index (χ2n) is 4.68. The lowest BCUT2D eigenvalue weighted by Gasteiger charge is -2.10. The molecule has 5 nitrogen and oxygen atoms in total. The van der Waals surface area contributed by atoms with E-state index in [9.17, 15) is 0 Å². The highest BCUT2D eigenvalue weighted by Gasteiger charge is 2.25. The highest BCUT2D eigenvalue weighted by molar-refractivity contribution is 4.95. The van der Waals surface area contributed by atoms with E-state index in [4.69, 9.17) is 15.0 Å². The Morgan fingerprint density at radius 2 is 2.25 bits per heavy atom. The lowest BCUT2D eigenvalue weighted by molar-refractivity contribution is 0.0665. The maximum Gasteiger partial charge on any atom is 0.226 e. The van der Waals surface area contributed by atoms with Crippen LogP contribution in [0.4, 0.5) is 0 Å². The lowest BCUT2D eigenvalue weighted by atomic mass is 10.3. The SMILES string of the molecule is CC(C)OCC(N)c1noc(CC2CC2)n1. The van der Waals surface area contributed by atoms with E-state index in [0.717, 1.165) is 12.3 Å². The van der Waals surface area contributed by atoms with Gasteiger partial charge < -0.3 is 15.0 Å². The highest BCUT2D eigenvalue weighted by atomic mass is 16.5. The summed E-state index contributed by atoms with van der Waals surface area (Å²) in [6, 6.07) is -0.292. The summed E-state index contributed by atoms with van der Waals surface area (Å²) in [7, 11) is 0. The first kappa shape index (κ1) is 11.5. The standard InChI is InChI=1S/C11H19N3O2/c1-7(2)15-6-9(12)11-13-10(16-14-11)5-8-3-4-8/h7-9H,3-6,12H2,1-2H3. The van der Waals surface area contributed by atoms with Gasteiger partial charge in [0.2, 0.25) is 5.89 Å². The number of hydrogen-bond donors (Lipinski definition) is 1. The Bertz CT molecular complexity index is 334. The first-order valence-electron chi connectivity index (χ1n) is 5.85. The van der Waals surface area contributed by atoms with E-state index in [1.807, 2.05) is 13.8 Å². The molecule has 16 heavy (non-hydrogen) atoms. The van der Waals surface area contributed by atoms with Gasteiger partial charge in [-0.2, -0.15) is 4.98 Å². The zero-order chi connectivity index (χ0) is 11.5. The van der Waals surface area contributed by atoms with E-state index in [1.54, 1.807) is 0 Å². The number of rotatable bonds is 6. The fourth-order valence-electron chi connectivity index (χ4n) is 1.44. The molecule has 5 heteroatoms. The summed E-state index contributed by atoms with van der Waals surface area (Å²) in [6.07, 6.45) is 3.62. The summed E-state index contributed by atoms with van der Waals surface area (Å²) in [5.41, 5.74) is 5.89. The van der Waals surface area contributed by atoms with Crippen molar-refractivity contribution in [2.24, 2.45) is 11.7 Å². The van der Waals surface area contributed by atoms with Crippen LogP contribution in [0.25, 0.3) is 0 Å². The van der Waals surface area contributed by atoms with Crippen LogP contribution >= 0.6 is 0 Å². The Balaban J connectivity index is 1.84. The molecule has 2 N–H and O–H groups in total. The Hall–Kier alpha value is -0.940. The predicted octanol–water partition coefficient (Wildman–Crippen LogP) is 1.45. The number of hydrogen-bond acceptors (Lipinski definition) is 5. The van der Waals surface area contributed by atoms with Crippen LogP contribution in [-0.4, -0.2) is 22.9 Å².